The van der Waals surface area contributed by atoms with Crippen LogP contribution in [0.1, 0.15) is 0 Å². The fourth-order valence-electron chi connectivity index (χ4n) is 1.20. The summed E-state index contributed by atoms with van der Waals surface area (Å²) in [6.45, 7) is 0. The van der Waals surface area contributed by atoms with E-state index in [0.29, 0.717) is 5.82 Å². The molecule has 0 fully saturated rings. The number of aromatic nitrogens is 2. The van der Waals surface area contributed by atoms with Gasteiger partial charge in [0.2, 0.25) is 10.0 Å². The highest BCUT2D eigenvalue weighted by Crippen LogP contribution is 2.14. The highest BCUT2D eigenvalue weighted by atomic mass is 32.2. The lowest BCUT2D eigenvalue weighted by atomic mass is 10.4. The van der Waals surface area contributed by atoms with Crippen LogP contribution in [0.3, 0.4) is 0 Å². The lowest BCUT2D eigenvalue weighted by molar-refractivity contribution is 0.606. The lowest BCUT2D eigenvalue weighted by Crippen LogP contribution is -2.09. The molecule has 74 valence electrons. The molecule has 2 heterocycles. The Morgan fingerprint density at radius 1 is 1.43 bits per heavy atom. The number of anilines is 1. The molecule has 0 aliphatic rings. The molecule has 1 N–H and O–H groups in total. The van der Waals surface area contributed by atoms with E-state index in [4.69, 9.17) is 0 Å². The van der Waals surface area contributed by atoms with Crippen molar-refractivity contribution in [2.24, 2.45) is 0 Å². The van der Waals surface area contributed by atoms with Crippen LogP contribution in [0, 0.1) is 0 Å². The van der Waals surface area contributed by atoms with E-state index in [9.17, 15) is 8.42 Å². The van der Waals surface area contributed by atoms with Crippen molar-refractivity contribution in [1.29, 1.82) is 0 Å². The zero-order valence-corrected chi connectivity index (χ0v) is 8.32. The third-order valence-corrected chi connectivity index (χ3v) is 2.29. The SMILES string of the molecule is CS(=O)(=O)Nc1ncn2ccccc12. The zero-order valence-electron chi connectivity index (χ0n) is 7.51. The van der Waals surface area contributed by atoms with Crippen LogP contribution in [0.4, 0.5) is 5.82 Å². The Labute approximate surface area is 81.4 Å². The molecule has 0 saturated carbocycles. The first kappa shape index (κ1) is 9.01. The van der Waals surface area contributed by atoms with E-state index in [2.05, 4.69) is 9.71 Å². The summed E-state index contributed by atoms with van der Waals surface area (Å²) in [6.07, 6.45) is 4.46. The molecule has 2 aromatic heterocycles. The highest BCUT2D eigenvalue weighted by Gasteiger charge is 2.07. The summed E-state index contributed by atoms with van der Waals surface area (Å²) in [7, 11) is -3.26. The average molecular weight is 211 g/mol. The molecule has 0 bridgehead atoms. The second kappa shape index (κ2) is 2.98. The number of imidazole rings is 1. The van der Waals surface area contributed by atoms with E-state index >= 15 is 0 Å². The largest absolute Gasteiger partial charge is 0.304 e. The number of hydrogen-bond acceptors (Lipinski definition) is 3. The van der Waals surface area contributed by atoms with Crippen molar-refractivity contribution in [3.63, 3.8) is 0 Å². The predicted octanol–water partition coefficient (Wildman–Crippen LogP) is 0.706. The fraction of sp³-hybridized carbons (Fsp3) is 0.125. The molecule has 5 nitrogen and oxygen atoms in total. The maximum absolute atomic E-state index is 11.0. The summed E-state index contributed by atoms with van der Waals surface area (Å²) in [5.41, 5.74) is 0.734. The number of nitrogens with one attached hydrogen (secondary N) is 1. The second-order valence-electron chi connectivity index (χ2n) is 2.96. The molecule has 0 spiro atoms. The molecule has 0 amide bonds. The number of hydrogen-bond donors (Lipinski definition) is 1. The molecule has 0 unspecified atom stereocenters. The minimum atomic E-state index is -3.26. The Morgan fingerprint density at radius 2 is 2.21 bits per heavy atom. The topological polar surface area (TPSA) is 63.5 Å². The molecule has 0 saturated heterocycles. The second-order valence-corrected chi connectivity index (χ2v) is 4.71. The number of fused-ring (bicyclic) bond motifs is 1. The maximum atomic E-state index is 11.0. The maximum Gasteiger partial charge on any atom is 0.231 e. The molecule has 0 aromatic carbocycles. The van der Waals surface area contributed by atoms with Crippen molar-refractivity contribution in [2.45, 2.75) is 0 Å². The summed E-state index contributed by atoms with van der Waals surface area (Å²) >= 11 is 0. The number of rotatable bonds is 2. The summed E-state index contributed by atoms with van der Waals surface area (Å²) in [5, 5.41) is 0. The Balaban J connectivity index is 2.54. The van der Waals surface area contributed by atoms with E-state index in [-0.39, 0.29) is 0 Å². The van der Waals surface area contributed by atoms with Crippen LogP contribution < -0.4 is 4.72 Å². The van der Waals surface area contributed by atoms with Gasteiger partial charge >= 0.3 is 0 Å². The lowest BCUT2D eigenvalue weighted by Gasteiger charge is -1.99. The van der Waals surface area contributed by atoms with Crippen molar-refractivity contribution in [3.8, 4) is 0 Å². The van der Waals surface area contributed by atoms with Crippen molar-refractivity contribution in [2.75, 3.05) is 11.0 Å². The van der Waals surface area contributed by atoms with Gasteiger partial charge in [-0.2, -0.15) is 0 Å². The molecule has 0 aliphatic carbocycles. The first-order valence-electron chi connectivity index (χ1n) is 3.96. The summed E-state index contributed by atoms with van der Waals surface area (Å²) in [6, 6.07) is 5.46. The van der Waals surface area contributed by atoms with Gasteiger partial charge in [-0.3, -0.25) is 4.72 Å². The van der Waals surface area contributed by atoms with Gasteiger partial charge in [0.05, 0.1) is 11.8 Å². The Hall–Kier alpha value is -1.56. The van der Waals surface area contributed by atoms with Gasteiger partial charge in [-0.15, -0.1) is 0 Å². The van der Waals surface area contributed by atoms with E-state index in [1.807, 2.05) is 12.1 Å². The number of pyridine rings is 1. The van der Waals surface area contributed by atoms with Crippen LogP contribution in [-0.4, -0.2) is 24.1 Å². The minimum absolute atomic E-state index is 0.355. The summed E-state index contributed by atoms with van der Waals surface area (Å²) in [4.78, 5) is 3.95. The van der Waals surface area contributed by atoms with Gasteiger partial charge in [0.25, 0.3) is 0 Å². The molecular weight excluding hydrogens is 202 g/mol. The summed E-state index contributed by atoms with van der Waals surface area (Å²) < 4.78 is 26.1. The van der Waals surface area contributed by atoms with Gasteiger partial charge in [0, 0.05) is 6.20 Å². The fourth-order valence-corrected chi connectivity index (χ4v) is 1.71. The van der Waals surface area contributed by atoms with Crippen LogP contribution in [0.2, 0.25) is 0 Å². The smallest absolute Gasteiger partial charge is 0.231 e. The molecule has 6 heteroatoms. The van der Waals surface area contributed by atoms with E-state index < -0.39 is 10.0 Å². The van der Waals surface area contributed by atoms with Crippen molar-refractivity contribution in [1.82, 2.24) is 9.38 Å². The van der Waals surface area contributed by atoms with Gasteiger partial charge in [-0.05, 0) is 12.1 Å². The standard InChI is InChI=1S/C8H9N3O2S/c1-14(12,13)10-8-7-4-2-3-5-11(7)6-9-8/h2-6,10H,1H3. The summed E-state index contributed by atoms with van der Waals surface area (Å²) in [5.74, 6) is 0.355. The van der Waals surface area contributed by atoms with Crippen molar-refractivity contribution >= 4 is 21.4 Å². The zero-order chi connectivity index (χ0) is 10.2. The molecule has 0 aliphatic heterocycles. The number of nitrogens with zero attached hydrogens (tertiary/aromatic N) is 2. The van der Waals surface area contributed by atoms with Crippen molar-refractivity contribution < 1.29 is 8.42 Å². The van der Waals surface area contributed by atoms with Gasteiger partial charge in [-0.1, -0.05) is 6.07 Å². The average Bonchev–Trinajstić information content (AvgIpc) is 2.47. The third kappa shape index (κ3) is 1.69. The monoisotopic (exact) mass is 211 g/mol. The quantitative estimate of drug-likeness (QED) is 0.795. The third-order valence-electron chi connectivity index (χ3n) is 1.73. The van der Waals surface area contributed by atoms with Crippen LogP contribution in [0.25, 0.3) is 5.52 Å². The van der Waals surface area contributed by atoms with Gasteiger partial charge in [-0.25, -0.2) is 13.4 Å². The number of sulfonamides is 1. The first-order chi connectivity index (χ1) is 6.56. The molecule has 14 heavy (non-hydrogen) atoms. The van der Waals surface area contributed by atoms with Crippen LogP contribution >= 0.6 is 0 Å². The van der Waals surface area contributed by atoms with Gasteiger partial charge < -0.3 is 4.40 Å². The Kier molecular flexibility index (Phi) is 1.92. The van der Waals surface area contributed by atoms with E-state index in [1.165, 1.54) is 0 Å². The van der Waals surface area contributed by atoms with Crippen LogP contribution in [0.5, 0.6) is 0 Å². The predicted molar refractivity (Wildman–Crippen MR) is 53.7 cm³/mol. The van der Waals surface area contributed by atoms with Gasteiger partial charge in [0.15, 0.2) is 5.82 Å². The van der Waals surface area contributed by atoms with E-state index in [1.54, 1.807) is 23.0 Å². The minimum Gasteiger partial charge on any atom is -0.304 e. The van der Waals surface area contributed by atoms with Crippen LogP contribution in [0.15, 0.2) is 30.7 Å². The molecular formula is C8H9N3O2S. The highest BCUT2D eigenvalue weighted by molar-refractivity contribution is 7.92. The molecule has 2 rings (SSSR count). The van der Waals surface area contributed by atoms with Crippen LogP contribution in [-0.2, 0) is 10.0 Å². The molecule has 0 atom stereocenters. The molecule has 2 aromatic rings. The van der Waals surface area contributed by atoms with Crippen molar-refractivity contribution in [3.05, 3.63) is 30.7 Å². The van der Waals surface area contributed by atoms with Gasteiger partial charge in [0.1, 0.15) is 6.33 Å². The Bertz CT molecular complexity index is 559. The molecule has 0 radical (unpaired) electrons. The first-order valence-corrected chi connectivity index (χ1v) is 5.85. The normalized spacial score (nSPS) is 11.8. The van der Waals surface area contributed by atoms with E-state index in [0.717, 1.165) is 11.8 Å². The Morgan fingerprint density at radius 3 is 2.93 bits per heavy atom.